The van der Waals surface area contributed by atoms with Crippen LogP contribution in [-0.2, 0) is 9.47 Å². The molecule has 1 saturated heterocycles. The molecule has 0 radical (unpaired) electrons. The highest BCUT2D eigenvalue weighted by atomic mass is 79.9. The molecule has 0 aromatic heterocycles. The Morgan fingerprint density at radius 3 is 2.60 bits per heavy atom. The summed E-state index contributed by atoms with van der Waals surface area (Å²) in [4.78, 5) is 1.11. The van der Waals surface area contributed by atoms with Gasteiger partial charge in [0.2, 0.25) is 0 Å². The van der Waals surface area contributed by atoms with E-state index < -0.39 is 0 Å². The summed E-state index contributed by atoms with van der Waals surface area (Å²) < 4.78 is 11.4. The predicted molar refractivity (Wildman–Crippen MR) is 68.1 cm³/mol. The fraction of sp³-hybridized carbons (Fsp3) is 1.00. The number of halogens is 3. The van der Waals surface area contributed by atoms with E-state index in [4.69, 9.17) is 21.1 Å². The monoisotopic (exact) mass is 360 g/mol. The Hall–Kier alpha value is 1.17. The van der Waals surface area contributed by atoms with Gasteiger partial charge in [0, 0.05) is 15.6 Å². The summed E-state index contributed by atoms with van der Waals surface area (Å²) in [5.41, 5.74) is 0. The van der Waals surface area contributed by atoms with Gasteiger partial charge >= 0.3 is 0 Å². The molecule has 2 nitrogen and oxygen atoms in total. The van der Waals surface area contributed by atoms with Gasteiger partial charge in [-0.3, -0.25) is 0 Å². The van der Waals surface area contributed by atoms with Crippen molar-refractivity contribution in [2.45, 2.75) is 41.3 Å². The molecule has 5 heteroatoms. The molecule has 0 spiro atoms. The molecule has 2 rings (SSSR count). The SMILES string of the molecule is ClC[C@H]1CO[C@@H]([C@@H]2CC[C@@H](Br)[C@@H](Br)C2)O1. The first-order chi connectivity index (χ1) is 7.20. The summed E-state index contributed by atoms with van der Waals surface area (Å²) in [6.45, 7) is 0.648. The lowest BCUT2D eigenvalue weighted by Crippen LogP contribution is -2.33. The zero-order chi connectivity index (χ0) is 10.8. The highest BCUT2D eigenvalue weighted by Gasteiger charge is 2.37. The van der Waals surface area contributed by atoms with Crippen molar-refractivity contribution >= 4 is 43.5 Å². The standard InChI is InChI=1S/C10H15Br2ClO2/c11-8-2-1-6(3-9(8)12)10-14-5-7(4-13)15-10/h6-10H,1-5H2/t6-,7+,8-,9+,10-/m1/s1. The van der Waals surface area contributed by atoms with Gasteiger partial charge in [-0.25, -0.2) is 0 Å². The van der Waals surface area contributed by atoms with E-state index in [1.165, 1.54) is 6.42 Å². The fourth-order valence-corrected chi connectivity index (χ4v) is 3.54. The van der Waals surface area contributed by atoms with Crippen LogP contribution in [0.5, 0.6) is 0 Å². The molecular weight excluding hydrogens is 347 g/mol. The third-order valence-corrected chi connectivity index (χ3v) is 6.23. The van der Waals surface area contributed by atoms with Crippen LogP contribution in [0, 0.1) is 5.92 Å². The summed E-state index contributed by atoms with van der Waals surface area (Å²) in [6, 6.07) is 0. The lowest BCUT2D eigenvalue weighted by atomic mass is 9.88. The van der Waals surface area contributed by atoms with Crippen molar-refractivity contribution in [2.75, 3.05) is 12.5 Å². The van der Waals surface area contributed by atoms with Gasteiger partial charge in [-0.05, 0) is 19.3 Å². The average Bonchev–Trinajstić information content (AvgIpc) is 2.70. The molecule has 0 aromatic rings. The lowest BCUT2D eigenvalue weighted by Gasteiger charge is -2.32. The Labute approximate surface area is 112 Å². The molecule has 88 valence electrons. The van der Waals surface area contributed by atoms with Gasteiger partial charge in [0.1, 0.15) is 0 Å². The third kappa shape index (κ3) is 3.09. The quantitative estimate of drug-likeness (QED) is 0.702. The highest BCUT2D eigenvalue weighted by Crippen LogP contribution is 2.37. The number of hydrogen-bond donors (Lipinski definition) is 0. The molecule has 1 aliphatic heterocycles. The normalized spacial score (nSPS) is 47.0. The molecule has 1 aliphatic carbocycles. The molecule has 0 unspecified atom stereocenters. The molecule has 0 aromatic carbocycles. The zero-order valence-corrected chi connectivity index (χ0v) is 12.3. The Morgan fingerprint density at radius 1 is 1.20 bits per heavy atom. The second kappa shape index (κ2) is 5.67. The molecule has 1 saturated carbocycles. The van der Waals surface area contributed by atoms with Crippen LogP contribution in [0.4, 0.5) is 0 Å². The second-order valence-electron chi connectivity index (χ2n) is 4.22. The maximum absolute atomic E-state index is 5.74. The van der Waals surface area contributed by atoms with Crippen LogP contribution in [0.15, 0.2) is 0 Å². The highest BCUT2D eigenvalue weighted by molar-refractivity contribution is 9.12. The summed E-state index contributed by atoms with van der Waals surface area (Å²) in [5, 5.41) is 0. The van der Waals surface area contributed by atoms with E-state index in [1.807, 2.05) is 0 Å². The minimum atomic E-state index is -0.0335. The Bertz CT molecular complexity index is 218. The Kier molecular flexibility index (Phi) is 4.77. The van der Waals surface area contributed by atoms with Crippen LogP contribution in [0.1, 0.15) is 19.3 Å². The third-order valence-electron chi connectivity index (χ3n) is 3.06. The maximum atomic E-state index is 5.74. The summed E-state index contributed by atoms with van der Waals surface area (Å²) >= 11 is 13.1. The lowest BCUT2D eigenvalue weighted by molar-refractivity contribution is -0.101. The van der Waals surface area contributed by atoms with Crippen molar-refractivity contribution in [3.8, 4) is 0 Å². The van der Waals surface area contributed by atoms with E-state index >= 15 is 0 Å². The summed E-state index contributed by atoms with van der Waals surface area (Å²) in [6.07, 6.45) is 3.50. The summed E-state index contributed by atoms with van der Waals surface area (Å²) in [5.74, 6) is 1.04. The molecule has 0 bridgehead atoms. The molecule has 2 aliphatic rings. The van der Waals surface area contributed by atoms with Crippen LogP contribution in [0.25, 0.3) is 0 Å². The van der Waals surface area contributed by atoms with E-state index in [1.54, 1.807) is 0 Å². The Morgan fingerprint density at radius 2 is 2.00 bits per heavy atom. The van der Waals surface area contributed by atoms with Crippen molar-refractivity contribution < 1.29 is 9.47 Å². The first kappa shape index (κ1) is 12.6. The van der Waals surface area contributed by atoms with Crippen molar-refractivity contribution in [1.29, 1.82) is 0 Å². The topological polar surface area (TPSA) is 18.5 Å². The van der Waals surface area contributed by atoms with Crippen molar-refractivity contribution in [2.24, 2.45) is 5.92 Å². The van der Waals surface area contributed by atoms with E-state index in [9.17, 15) is 0 Å². The molecule has 15 heavy (non-hydrogen) atoms. The van der Waals surface area contributed by atoms with Crippen LogP contribution in [-0.4, -0.2) is 34.5 Å². The van der Waals surface area contributed by atoms with Crippen LogP contribution >= 0.6 is 43.5 Å². The average molecular weight is 362 g/mol. The van der Waals surface area contributed by atoms with E-state index in [0.717, 1.165) is 12.8 Å². The van der Waals surface area contributed by atoms with Gasteiger partial charge in [0.05, 0.1) is 18.6 Å². The number of ether oxygens (including phenoxy) is 2. The first-order valence-electron chi connectivity index (χ1n) is 5.32. The van der Waals surface area contributed by atoms with Crippen LogP contribution in [0.2, 0.25) is 0 Å². The first-order valence-corrected chi connectivity index (χ1v) is 7.68. The van der Waals surface area contributed by atoms with Gasteiger partial charge in [0.25, 0.3) is 0 Å². The molecule has 1 heterocycles. The number of rotatable bonds is 2. The smallest absolute Gasteiger partial charge is 0.161 e. The largest absolute Gasteiger partial charge is 0.350 e. The number of alkyl halides is 3. The van der Waals surface area contributed by atoms with Gasteiger partial charge in [-0.15, -0.1) is 11.6 Å². The molecule has 5 atom stereocenters. The minimum absolute atomic E-state index is 0.0335. The molecule has 0 amide bonds. The van der Waals surface area contributed by atoms with Crippen molar-refractivity contribution in [3.05, 3.63) is 0 Å². The maximum Gasteiger partial charge on any atom is 0.161 e. The van der Waals surface area contributed by atoms with Crippen LogP contribution in [0.3, 0.4) is 0 Å². The van der Waals surface area contributed by atoms with E-state index in [0.29, 0.717) is 28.1 Å². The molecule has 0 N–H and O–H groups in total. The molecule has 2 fully saturated rings. The van der Waals surface area contributed by atoms with E-state index in [2.05, 4.69) is 31.9 Å². The predicted octanol–water partition coefficient (Wildman–Crippen LogP) is 3.29. The fourth-order valence-electron chi connectivity index (χ4n) is 2.15. The van der Waals surface area contributed by atoms with Crippen molar-refractivity contribution in [3.63, 3.8) is 0 Å². The van der Waals surface area contributed by atoms with Gasteiger partial charge in [-0.1, -0.05) is 31.9 Å². The van der Waals surface area contributed by atoms with Gasteiger partial charge in [-0.2, -0.15) is 0 Å². The molecular formula is C10H15Br2ClO2. The zero-order valence-electron chi connectivity index (χ0n) is 8.37. The Balaban J connectivity index is 1.84. The van der Waals surface area contributed by atoms with Gasteiger partial charge in [0.15, 0.2) is 6.29 Å². The second-order valence-corrected chi connectivity index (χ2v) is 6.88. The van der Waals surface area contributed by atoms with Crippen molar-refractivity contribution in [1.82, 2.24) is 0 Å². The summed E-state index contributed by atoms with van der Waals surface area (Å²) in [7, 11) is 0. The van der Waals surface area contributed by atoms with E-state index in [-0.39, 0.29) is 12.4 Å². The number of hydrogen-bond acceptors (Lipinski definition) is 2. The van der Waals surface area contributed by atoms with Crippen LogP contribution < -0.4 is 0 Å². The van der Waals surface area contributed by atoms with Gasteiger partial charge < -0.3 is 9.47 Å². The minimum Gasteiger partial charge on any atom is -0.350 e.